The second-order valence-electron chi connectivity index (χ2n) is 6.62. The van der Waals surface area contributed by atoms with Crippen molar-refractivity contribution in [2.45, 2.75) is 37.6 Å². The van der Waals surface area contributed by atoms with Gasteiger partial charge in [0.15, 0.2) is 0 Å². The Morgan fingerprint density at radius 1 is 1.19 bits per heavy atom. The van der Waals surface area contributed by atoms with Crippen molar-refractivity contribution in [3.05, 3.63) is 45.9 Å². The van der Waals surface area contributed by atoms with Crippen LogP contribution < -0.4 is 15.6 Å². The highest BCUT2D eigenvalue weighted by Crippen LogP contribution is 2.23. The summed E-state index contributed by atoms with van der Waals surface area (Å²) in [5, 5.41) is 3.21. The van der Waals surface area contributed by atoms with Gasteiger partial charge in [0.25, 0.3) is 5.56 Å². The van der Waals surface area contributed by atoms with E-state index >= 15 is 0 Å². The van der Waals surface area contributed by atoms with Crippen LogP contribution in [0.2, 0.25) is 0 Å². The fourth-order valence-electron chi connectivity index (χ4n) is 3.04. The summed E-state index contributed by atoms with van der Waals surface area (Å²) < 4.78 is 32.1. The van der Waals surface area contributed by atoms with E-state index in [0.29, 0.717) is 48.9 Å². The van der Waals surface area contributed by atoms with E-state index in [-0.39, 0.29) is 16.5 Å². The highest BCUT2D eigenvalue weighted by molar-refractivity contribution is 7.89. The summed E-state index contributed by atoms with van der Waals surface area (Å²) in [7, 11) is -1.99. The molecule has 1 fully saturated rings. The molecule has 1 aromatic heterocycles. The third kappa shape index (κ3) is 4.14. The van der Waals surface area contributed by atoms with E-state index in [4.69, 9.17) is 4.74 Å². The number of hydrogen-bond acceptors (Lipinski definition) is 6. The van der Waals surface area contributed by atoms with Crippen LogP contribution in [-0.2, 0) is 10.0 Å². The predicted octanol–water partition coefficient (Wildman–Crippen LogP) is 1.66. The molecule has 0 bridgehead atoms. The first-order chi connectivity index (χ1) is 12.8. The first-order valence-electron chi connectivity index (χ1n) is 8.79. The normalized spacial score (nSPS) is 16.3. The maximum atomic E-state index is 12.8. The van der Waals surface area contributed by atoms with Crippen LogP contribution in [0.4, 0.5) is 5.95 Å². The van der Waals surface area contributed by atoms with E-state index in [1.807, 2.05) is 0 Å². The van der Waals surface area contributed by atoms with Crippen molar-refractivity contribution >= 4 is 16.0 Å². The number of hydrogen-bond donors (Lipinski definition) is 2. The number of ether oxygens (including phenoxy) is 1. The molecule has 1 aliphatic heterocycles. The number of aromatic amines is 1. The van der Waals surface area contributed by atoms with Crippen LogP contribution in [-0.4, -0.2) is 48.9 Å². The minimum atomic E-state index is -3.53. The third-order valence-electron chi connectivity index (χ3n) is 4.89. The number of rotatable bonds is 5. The van der Waals surface area contributed by atoms with Crippen molar-refractivity contribution in [2.24, 2.45) is 0 Å². The lowest BCUT2D eigenvalue weighted by molar-refractivity contribution is 0.329. The van der Waals surface area contributed by atoms with Crippen LogP contribution >= 0.6 is 0 Å². The van der Waals surface area contributed by atoms with Crippen molar-refractivity contribution in [2.75, 3.05) is 25.5 Å². The van der Waals surface area contributed by atoms with Crippen molar-refractivity contribution in [3.8, 4) is 5.75 Å². The summed E-state index contributed by atoms with van der Waals surface area (Å²) in [6, 6.07) is 6.45. The van der Waals surface area contributed by atoms with Crippen LogP contribution in [0.15, 0.2) is 34.0 Å². The number of benzene rings is 1. The van der Waals surface area contributed by atoms with Gasteiger partial charge in [-0.1, -0.05) is 0 Å². The molecule has 1 aromatic carbocycles. The fraction of sp³-hybridized carbons (Fsp3) is 0.444. The number of piperidine rings is 1. The van der Waals surface area contributed by atoms with Gasteiger partial charge in [-0.05, 0) is 51.0 Å². The van der Waals surface area contributed by atoms with Crippen molar-refractivity contribution < 1.29 is 13.2 Å². The molecule has 0 atom stereocenters. The second-order valence-corrected chi connectivity index (χ2v) is 8.56. The van der Waals surface area contributed by atoms with Gasteiger partial charge in [-0.15, -0.1) is 0 Å². The molecular formula is C18H24N4O4S. The van der Waals surface area contributed by atoms with Gasteiger partial charge in [0, 0.05) is 30.4 Å². The van der Waals surface area contributed by atoms with E-state index < -0.39 is 10.0 Å². The third-order valence-corrected chi connectivity index (χ3v) is 6.80. The summed E-state index contributed by atoms with van der Waals surface area (Å²) in [6.45, 7) is 4.33. The Morgan fingerprint density at radius 3 is 2.37 bits per heavy atom. The summed E-state index contributed by atoms with van der Waals surface area (Å²) in [5.74, 6) is 1.05. The second kappa shape index (κ2) is 7.69. The van der Waals surface area contributed by atoms with Crippen LogP contribution in [0.25, 0.3) is 0 Å². The molecule has 0 radical (unpaired) electrons. The maximum Gasteiger partial charge on any atom is 0.255 e. The fourth-order valence-corrected chi connectivity index (χ4v) is 4.51. The predicted molar refractivity (Wildman–Crippen MR) is 103 cm³/mol. The molecule has 3 rings (SSSR count). The smallest absolute Gasteiger partial charge is 0.255 e. The molecule has 1 aliphatic rings. The van der Waals surface area contributed by atoms with Crippen LogP contribution in [0, 0.1) is 13.8 Å². The van der Waals surface area contributed by atoms with E-state index in [0.717, 1.165) is 0 Å². The lowest BCUT2D eigenvalue weighted by Gasteiger charge is -2.31. The maximum absolute atomic E-state index is 12.8. The Labute approximate surface area is 158 Å². The number of nitrogens with zero attached hydrogens (tertiary/aromatic N) is 2. The molecule has 0 amide bonds. The molecule has 9 heteroatoms. The van der Waals surface area contributed by atoms with Gasteiger partial charge in [0.1, 0.15) is 5.75 Å². The van der Waals surface area contributed by atoms with E-state index in [1.54, 1.807) is 45.2 Å². The van der Waals surface area contributed by atoms with Crippen molar-refractivity contribution in [1.29, 1.82) is 0 Å². The zero-order chi connectivity index (χ0) is 19.6. The molecule has 0 saturated carbocycles. The Kier molecular flexibility index (Phi) is 5.52. The largest absolute Gasteiger partial charge is 0.497 e. The summed E-state index contributed by atoms with van der Waals surface area (Å²) in [6.07, 6.45) is 1.26. The average Bonchev–Trinajstić information content (AvgIpc) is 2.66. The van der Waals surface area contributed by atoms with E-state index in [1.165, 1.54) is 4.31 Å². The summed E-state index contributed by atoms with van der Waals surface area (Å²) >= 11 is 0. The first kappa shape index (κ1) is 19.4. The van der Waals surface area contributed by atoms with Gasteiger partial charge in [-0.3, -0.25) is 9.78 Å². The molecule has 2 N–H and O–H groups in total. The first-order valence-corrected chi connectivity index (χ1v) is 10.2. The Balaban J connectivity index is 1.65. The van der Waals surface area contributed by atoms with E-state index in [2.05, 4.69) is 15.3 Å². The van der Waals surface area contributed by atoms with Gasteiger partial charge in [-0.25, -0.2) is 13.4 Å². The lowest BCUT2D eigenvalue weighted by atomic mass is 10.1. The molecule has 8 nitrogen and oxygen atoms in total. The summed E-state index contributed by atoms with van der Waals surface area (Å²) in [5.41, 5.74) is 1.12. The zero-order valence-corrected chi connectivity index (χ0v) is 16.5. The quantitative estimate of drug-likeness (QED) is 0.802. The zero-order valence-electron chi connectivity index (χ0n) is 15.7. The molecular weight excluding hydrogens is 368 g/mol. The molecule has 0 spiro atoms. The van der Waals surface area contributed by atoms with E-state index in [9.17, 15) is 13.2 Å². The number of aryl methyl sites for hydroxylation is 1. The molecule has 2 aromatic rings. The highest BCUT2D eigenvalue weighted by Gasteiger charge is 2.29. The molecule has 146 valence electrons. The molecule has 0 unspecified atom stereocenters. The number of aromatic nitrogens is 2. The molecule has 1 saturated heterocycles. The number of H-pyrrole nitrogens is 1. The average molecular weight is 392 g/mol. The minimum absolute atomic E-state index is 0.0533. The monoisotopic (exact) mass is 392 g/mol. The standard InChI is InChI=1S/C18H24N4O4S/c1-12-13(2)19-18(21-17(12)23)20-14-8-10-22(11-9-14)27(24,25)16-6-4-15(26-3)5-7-16/h4-7,14H,8-11H2,1-3H3,(H2,19,20,21,23). The van der Waals surface area contributed by atoms with Crippen LogP contribution in [0.5, 0.6) is 5.75 Å². The highest BCUT2D eigenvalue weighted by atomic mass is 32.2. The van der Waals surface area contributed by atoms with Gasteiger partial charge in [-0.2, -0.15) is 4.31 Å². The SMILES string of the molecule is COc1ccc(S(=O)(=O)N2CCC(Nc3nc(C)c(C)c(=O)[nH]3)CC2)cc1. The number of anilines is 1. The Morgan fingerprint density at radius 2 is 1.81 bits per heavy atom. The van der Waals surface area contributed by atoms with Gasteiger partial charge < -0.3 is 10.1 Å². The van der Waals surface area contributed by atoms with Gasteiger partial charge in [0.2, 0.25) is 16.0 Å². The Hall–Kier alpha value is -2.39. The minimum Gasteiger partial charge on any atom is -0.497 e. The van der Waals surface area contributed by atoms with Crippen LogP contribution in [0.1, 0.15) is 24.1 Å². The van der Waals surface area contributed by atoms with Gasteiger partial charge >= 0.3 is 0 Å². The van der Waals surface area contributed by atoms with Gasteiger partial charge in [0.05, 0.1) is 12.0 Å². The Bertz CT molecular complexity index is 962. The van der Waals surface area contributed by atoms with Crippen LogP contribution in [0.3, 0.4) is 0 Å². The lowest BCUT2D eigenvalue weighted by Crippen LogP contribution is -2.42. The van der Waals surface area contributed by atoms with Crippen molar-refractivity contribution in [1.82, 2.24) is 14.3 Å². The number of sulfonamides is 1. The number of nitrogens with one attached hydrogen (secondary N) is 2. The van der Waals surface area contributed by atoms with Crippen molar-refractivity contribution in [3.63, 3.8) is 0 Å². The summed E-state index contributed by atoms with van der Waals surface area (Å²) in [4.78, 5) is 19.2. The number of methoxy groups -OCH3 is 1. The molecule has 2 heterocycles. The topological polar surface area (TPSA) is 104 Å². The molecule has 27 heavy (non-hydrogen) atoms. The molecule has 0 aliphatic carbocycles.